The van der Waals surface area contributed by atoms with Crippen LogP contribution < -0.4 is 5.32 Å². The van der Waals surface area contributed by atoms with Gasteiger partial charge >= 0.3 is 0 Å². The van der Waals surface area contributed by atoms with E-state index >= 15 is 0 Å². The molecule has 0 saturated heterocycles. The van der Waals surface area contributed by atoms with Crippen LogP contribution in [0.2, 0.25) is 10.0 Å². The topological polar surface area (TPSA) is 59.8 Å². The van der Waals surface area contributed by atoms with Gasteiger partial charge in [0.2, 0.25) is 5.82 Å². The maximum atomic E-state index is 12.8. The summed E-state index contributed by atoms with van der Waals surface area (Å²) in [6.45, 7) is 3.94. The highest BCUT2D eigenvalue weighted by Gasteiger charge is 2.20. The highest BCUT2D eigenvalue weighted by Crippen LogP contribution is 2.26. The van der Waals surface area contributed by atoms with Crippen molar-refractivity contribution in [2.75, 3.05) is 5.32 Å². The molecule has 30 heavy (non-hydrogen) atoms. The Hall–Kier alpha value is -3.15. The van der Waals surface area contributed by atoms with Crippen molar-refractivity contribution in [1.82, 2.24) is 14.8 Å². The van der Waals surface area contributed by atoms with E-state index in [2.05, 4.69) is 15.4 Å². The molecule has 0 fully saturated rings. The molecule has 0 saturated carbocycles. The minimum absolute atomic E-state index is 0.0555. The number of carbonyl (C=O) groups is 1. The number of benzene rings is 3. The predicted octanol–water partition coefficient (Wildman–Crippen LogP) is 6.11. The van der Waals surface area contributed by atoms with E-state index < -0.39 is 5.91 Å². The number of nitrogens with one attached hydrogen (secondary N) is 1. The lowest BCUT2D eigenvalue weighted by atomic mass is 10.2. The summed E-state index contributed by atoms with van der Waals surface area (Å²) in [6.07, 6.45) is 0. The van der Waals surface area contributed by atoms with Crippen LogP contribution >= 0.6 is 23.2 Å². The lowest BCUT2D eigenvalue weighted by Gasteiger charge is -2.09. The molecule has 5 nitrogen and oxygen atoms in total. The summed E-state index contributed by atoms with van der Waals surface area (Å²) >= 11 is 12.3. The molecule has 0 aliphatic heterocycles. The van der Waals surface area contributed by atoms with Crippen LogP contribution in [0, 0.1) is 13.8 Å². The highest BCUT2D eigenvalue weighted by atomic mass is 35.5. The number of anilines is 1. The van der Waals surface area contributed by atoms with Crippen molar-refractivity contribution in [1.29, 1.82) is 0 Å². The third-order valence-electron chi connectivity index (χ3n) is 4.62. The molecule has 0 atom stereocenters. The summed E-state index contributed by atoms with van der Waals surface area (Å²) in [5.41, 5.74) is 4.26. The van der Waals surface area contributed by atoms with Gasteiger partial charge in [-0.2, -0.15) is 0 Å². The molecule has 4 aromatic rings. The van der Waals surface area contributed by atoms with Gasteiger partial charge in [-0.1, -0.05) is 47.0 Å². The quantitative estimate of drug-likeness (QED) is 0.419. The van der Waals surface area contributed by atoms with Crippen LogP contribution in [0.3, 0.4) is 0 Å². The smallest absolute Gasteiger partial charge is 0.295 e. The number of hydrogen-bond acceptors (Lipinski definition) is 3. The molecule has 1 aromatic heterocycles. The van der Waals surface area contributed by atoms with Gasteiger partial charge in [-0.25, -0.2) is 9.67 Å². The van der Waals surface area contributed by atoms with Gasteiger partial charge in [0.25, 0.3) is 5.91 Å². The first-order valence-corrected chi connectivity index (χ1v) is 10.0. The molecule has 0 spiro atoms. The zero-order valence-electron chi connectivity index (χ0n) is 16.4. The SMILES string of the molecule is Cc1ccc(NC(=O)c2nc(-c3ccc(Cl)cc3)n(-c3cc(Cl)ccc3C)n2)cc1. The van der Waals surface area contributed by atoms with Gasteiger partial charge in [-0.05, 0) is 67.9 Å². The number of aromatic nitrogens is 3. The summed E-state index contributed by atoms with van der Waals surface area (Å²) in [6, 6.07) is 20.3. The molecule has 4 rings (SSSR count). The number of hydrogen-bond donors (Lipinski definition) is 1. The van der Waals surface area contributed by atoms with Crippen molar-refractivity contribution in [3.05, 3.63) is 93.7 Å². The van der Waals surface area contributed by atoms with Crippen molar-refractivity contribution in [2.45, 2.75) is 13.8 Å². The van der Waals surface area contributed by atoms with Crippen LogP contribution in [-0.4, -0.2) is 20.7 Å². The standard InChI is InChI=1S/C23H18Cl2N4O/c1-14-3-11-19(12-4-14)26-23(30)21-27-22(16-6-9-17(24)10-7-16)29(28-21)20-13-18(25)8-5-15(20)2/h3-13H,1-2H3,(H,26,30). The van der Waals surface area contributed by atoms with E-state index in [1.165, 1.54) is 0 Å². The van der Waals surface area contributed by atoms with Crippen LogP contribution in [0.4, 0.5) is 5.69 Å². The second-order valence-electron chi connectivity index (χ2n) is 6.93. The molecule has 0 aliphatic rings. The minimum atomic E-state index is -0.396. The monoisotopic (exact) mass is 436 g/mol. The molecule has 1 amide bonds. The fourth-order valence-corrected chi connectivity index (χ4v) is 3.29. The Kier molecular flexibility index (Phi) is 5.57. The Morgan fingerprint density at radius 2 is 1.57 bits per heavy atom. The van der Waals surface area contributed by atoms with Gasteiger partial charge < -0.3 is 5.32 Å². The first kappa shape index (κ1) is 20.1. The zero-order valence-corrected chi connectivity index (χ0v) is 17.9. The molecule has 1 heterocycles. The molecule has 7 heteroatoms. The second kappa shape index (κ2) is 8.30. The molecule has 0 aliphatic carbocycles. The van der Waals surface area contributed by atoms with Gasteiger partial charge in [0.15, 0.2) is 5.82 Å². The fourth-order valence-electron chi connectivity index (χ4n) is 3.00. The van der Waals surface area contributed by atoms with Crippen LogP contribution in [0.1, 0.15) is 21.7 Å². The van der Waals surface area contributed by atoms with E-state index in [0.29, 0.717) is 21.6 Å². The van der Waals surface area contributed by atoms with E-state index in [9.17, 15) is 4.79 Å². The van der Waals surface area contributed by atoms with Gasteiger partial charge in [-0.3, -0.25) is 4.79 Å². The van der Waals surface area contributed by atoms with E-state index in [-0.39, 0.29) is 5.82 Å². The lowest BCUT2D eigenvalue weighted by molar-refractivity contribution is 0.101. The van der Waals surface area contributed by atoms with E-state index in [0.717, 1.165) is 22.4 Å². The maximum Gasteiger partial charge on any atom is 0.295 e. The van der Waals surface area contributed by atoms with E-state index in [1.54, 1.807) is 22.9 Å². The second-order valence-corrected chi connectivity index (χ2v) is 7.80. The molecule has 0 bridgehead atoms. The van der Waals surface area contributed by atoms with Gasteiger partial charge in [0.1, 0.15) is 0 Å². The van der Waals surface area contributed by atoms with Crippen molar-refractivity contribution < 1.29 is 4.79 Å². The lowest BCUT2D eigenvalue weighted by Crippen LogP contribution is -2.14. The summed E-state index contributed by atoms with van der Waals surface area (Å²) in [5.74, 6) is 0.179. The van der Waals surface area contributed by atoms with Crippen molar-refractivity contribution in [3.8, 4) is 17.1 Å². The number of aryl methyl sites for hydroxylation is 2. The number of carbonyl (C=O) groups excluding carboxylic acids is 1. The Balaban J connectivity index is 1.79. The zero-order chi connectivity index (χ0) is 21.3. The molecular weight excluding hydrogens is 419 g/mol. The van der Waals surface area contributed by atoms with Crippen molar-refractivity contribution >= 4 is 34.8 Å². The molecular formula is C23H18Cl2N4O. The van der Waals surface area contributed by atoms with Crippen LogP contribution in [0.25, 0.3) is 17.1 Å². The van der Waals surface area contributed by atoms with Crippen molar-refractivity contribution in [2.24, 2.45) is 0 Å². The van der Waals surface area contributed by atoms with E-state index in [1.807, 2.05) is 62.4 Å². The number of nitrogens with zero attached hydrogens (tertiary/aromatic N) is 3. The average Bonchev–Trinajstić information content (AvgIpc) is 3.17. The molecule has 0 radical (unpaired) electrons. The largest absolute Gasteiger partial charge is 0.319 e. The predicted molar refractivity (Wildman–Crippen MR) is 121 cm³/mol. The molecule has 0 unspecified atom stereocenters. The number of halogens is 2. The molecule has 150 valence electrons. The number of rotatable bonds is 4. The Morgan fingerprint density at radius 1 is 0.900 bits per heavy atom. The summed E-state index contributed by atoms with van der Waals surface area (Å²) in [7, 11) is 0. The van der Waals surface area contributed by atoms with Gasteiger partial charge in [0, 0.05) is 21.3 Å². The highest BCUT2D eigenvalue weighted by molar-refractivity contribution is 6.31. The summed E-state index contributed by atoms with van der Waals surface area (Å²) in [5, 5.41) is 8.52. The maximum absolute atomic E-state index is 12.8. The number of amides is 1. The fraction of sp³-hybridized carbons (Fsp3) is 0.0870. The average molecular weight is 437 g/mol. The van der Waals surface area contributed by atoms with E-state index in [4.69, 9.17) is 23.2 Å². The first-order chi connectivity index (χ1) is 14.4. The normalized spacial score (nSPS) is 10.8. The summed E-state index contributed by atoms with van der Waals surface area (Å²) < 4.78 is 1.63. The molecule has 1 N–H and O–H groups in total. The third-order valence-corrected chi connectivity index (χ3v) is 5.11. The van der Waals surface area contributed by atoms with Crippen LogP contribution in [0.5, 0.6) is 0 Å². The van der Waals surface area contributed by atoms with Gasteiger partial charge in [0.05, 0.1) is 5.69 Å². The minimum Gasteiger partial charge on any atom is -0.319 e. The Bertz CT molecular complexity index is 1220. The summed E-state index contributed by atoms with van der Waals surface area (Å²) in [4.78, 5) is 17.4. The van der Waals surface area contributed by atoms with Crippen molar-refractivity contribution in [3.63, 3.8) is 0 Å². The van der Waals surface area contributed by atoms with Crippen LogP contribution in [-0.2, 0) is 0 Å². The molecule has 3 aromatic carbocycles. The van der Waals surface area contributed by atoms with Crippen LogP contribution in [0.15, 0.2) is 66.7 Å². The van der Waals surface area contributed by atoms with Gasteiger partial charge in [-0.15, -0.1) is 5.10 Å². The Morgan fingerprint density at radius 3 is 2.27 bits per heavy atom. The third kappa shape index (κ3) is 4.22. The Labute approximate surface area is 184 Å². The first-order valence-electron chi connectivity index (χ1n) is 9.28.